The summed E-state index contributed by atoms with van der Waals surface area (Å²) in [6, 6.07) is 10.8. The summed E-state index contributed by atoms with van der Waals surface area (Å²) >= 11 is 0. The molecular formula is C18H15F3N4O3. The van der Waals surface area contributed by atoms with Crippen LogP contribution in [0.25, 0.3) is 5.82 Å². The van der Waals surface area contributed by atoms with Gasteiger partial charge in [-0.2, -0.15) is 13.2 Å². The predicted octanol–water partition coefficient (Wildman–Crippen LogP) is 2.04. The van der Waals surface area contributed by atoms with Gasteiger partial charge in [0.2, 0.25) is 0 Å². The average Bonchev–Trinajstić information content (AvgIpc) is 3.08. The van der Waals surface area contributed by atoms with E-state index in [1.807, 2.05) is 0 Å². The van der Waals surface area contributed by atoms with Gasteiger partial charge in [0.05, 0.1) is 18.2 Å². The molecule has 3 N–H and O–H groups in total. The third-order valence-electron chi connectivity index (χ3n) is 3.96. The number of hydrogen-bond donors (Lipinski definition) is 3. The number of aliphatic hydroxyl groups is 1. The quantitative estimate of drug-likeness (QED) is 0.619. The number of H-pyrrole nitrogens is 1. The van der Waals surface area contributed by atoms with Crippen molar-refractivity contribution in [2.45, 2.75) is 12.2 Å². The number of nitrogens with one attached hydrogen (secondary N) is 2. The Morgan fingerprint density at radius 3 is 2.50 bits per heavy atom. The molecule has 28 heavy (non-hydrogen) atoms. The van der Waals surface area contributed by atoms with Gasteiger partial charge in [-0.3, -0.25) is 14.7 Å². The largest absolute Gasteiger partial charge is 0.417 e. The zero-order chi connectivity index (χ0) is 20.3. The molecule has 0 aliphatic carbocycles. The molecule has 3 aromatic rings. The van der Waals surface area contributed by atoms with Crippen molar-refractivity contribution < 1.29 is 23.1 Å². The van der Waals surface area contributed by atoms with Gasteiger partial charge in [-0.25, -0.2) is 9.67 Å². The fourth-order valence-corrected chi connectivity index (χ4v) is 2.52. The molecule has 3 rings (SSSR count). The van der Waals surface area contributed by atoms with Crippen molar-refractivity contribution in [2.75, 3.05) is 6.61 Å². The Balaban J connectivity index is 1.81. The van der Waals surface area contributed by atoms with E-state index >= 15 is 0 Å². The molecule has 2 aromatic heterocycles. The first-order valence-corrected chi connectivity index (χ1v) is 8.12. The van der Waals surface area contributed by atoms with Gasteiger partial charge in [-0.05, 0) is 17.7 Å². The standard InChI is InChI=1S/C18H15F3N4O3/c19-18(20,21)12-6-7-15(22-9-12)25-16(27)8-13(24-25)17(28)23-14(10-26)11-4-2-1-3-5-11/h1-9,14,24,26H,10H2,(H,23,28). The lowest BCUT2D eigenvalue weighted by Gasteiger charge is -2.16. The van der Waals surface area contributed by atoms with Gasteiger partial charge in [0, 0.05) is 12.3 Å². The summed E-state index contributed by atoms with van der Waals surface area (Å²) in [5.74, 6) is -0.760. The molecule has 0 radical (unpaired) electrons. The number of pyridine rings is 1. The van der Waals surface area contributed by atoms with Crippen molar-refractivity contribution in [3.63, 3.8) is 0 Å². The molecule has 1 unspecified atom stereocenters. The highest BCUT2D eigenvalue weighted by atomic mass is 19.4. The second-order valence-electron chi connectivity index (χ2n) is 5.87. The number of nitrogens with zero attached hydrogens (tertiary/aromatic N) is 2. The number of hydrogen-bond acceptors (Lipinski definition) is 4. The van der Waals surface area contributed by atoms with Crippen LogP contribution in [0.5, 0.6) is 0 Å². The van der Waals surface area contributed by atoms with Gasteiger partial charge >= 0.3 is 6.18 Å². The lowest BCUT2D eigenvalue weighted by molar-refractivity contribution is -0.137. The minimum absolute atomic E-state index is 0.0983. The Bertz CT molecular complexity index is 1010. The average molecular weight is 392 g/mol. The van der Waals surface area contributed by atoms with Gasteiger partial charge in [0.1, 0.15) is 5.69 Å². The Labute approximate surface area is 156 Å². The van der Waals surface area contributed by atoms with Crippen molar-refractivity contribution in [1.29, 1.82) is 0 Å². The van der Waals surface area contributed by atoms with Crippen LogP contribution in [-0.4, -0.2) is 32.4 Å². The second-order valence-corrected chi connectivity index (χ2v) is 5.87. The van der Waals surface area contributed by atoms with Crippen LogP contribution < -0.4 is 10.9 Å². The number of halogens is 3. The third kappa shape index (κ3) is 4.12. The van der Waals surface area contributed by atoms with E-state index in [0.717, 1.165) is 22.9 Å². The molecule has 1 aromatic carbocycles. The van der Waals surface area contributed by atoms with Crippen molar-refractivity contribution in [3.05, 3.63) is 81.9 Å². The Morgan fingerprint density at radius 2 is 1.93 bits per heavy atom. The van der Waals surface area contributed by atoms with Gasteiger partial charge in [-0.1, -0.05) is 30.3 Å². The summed E-state index contributed by atoms with van der Waals surface area (Å²) in [6.07, 6.45) is -3.95. The highest BCUT2D eigenvalue weighted by Gasteiger charge is 2.30. The maximum atomic E-state index is 12.6. The van der Waals surface area contributed by atoms with Gasteiger partial charge in [0.15, 0.2) is 5.82 Å². The fourth-order valence-electron chi connectivity index (χ4n) is 2.52. The number of aromatic amines is 1. The number of rotatable bonds is 5. The van der Waals surface area contributed by atoms with E-state index in [-0.39, 0.29) is 18.1 Å². The van der Waals surface area contributed by atoms with Crippen LogP contribution in [0, 0.1) is 0 Å². The molecule has 0 saturated carbocycles. The van der Waals surface area contributed by atoms with Crippen LogP contribution in [0.15, 0.2) is 59.5 Å². The molecule has 2 heterocycles. The number of carbonyl (C=O) groups is 1. The second kappa shape index (κ2) is 7.69. The number of alkyl halides is 3. The van der Waals surface area contributed by atoms with E-state index in [1.165, 1.54) is 0 Å². The van der Waals surface area contributed by atoms with Crippen LogP contribution in [0.4, 0.5) is 13.2 Å². The molecule has 0 bridgehead atoms. The van der Waals surface area contributed by atoms with E-state index < -0.39 is 29.2 Å². The minimum atomic E-state index is -4.55. The van der Waals surface area contributed by atoms with Crippen LogP contribution in [0.2, 0.25) is 0 Å². The number of benzene rings is 1. The molecule has 146 valence electrons. The fraction of sp³-hybridized carbons (Fsp3) is 0.167. The van der Waals surface area contributed by atoms with Crippen molar-refractivity contribution in [1.82, 2.24) is 20.1 Å². The summed E-state index contributed by atoms with van der Waals surface area (Å²) in [5, 5.41) is 14.6. The maximum Gasteiger partial charge on any atom is 0.417 e. The van der Waals surface area contributed by atoms with Gasteiger partial charge in [0.25, 0.3) is 11.5 Å². The third-order valence-corrected chi connectivity index (χ3v) is 3.96. The molecular weight excluding hydrogens is 377 g/mol. The highest BCUT2D eigenvalue weighted by molar-refractivity contribution is 5.92. The monoisotopic (exact) mass is 392 g/mol. The van der Waals surface area contributed by atoms with Gasteiger partial charge in [-0.15, -0.1) is 0 Å². The van der Waals surface area contributed by atoms with Crippen molar-refractivity contribution >= 4 is 5.91 Å². The molecule has 0 saturated heterocycles. The van der Waals surface area contributed by atoms with E-state index in [1.54, 1.807) is 30.3 Å². The van der Waals surface area contributed by atoms with Crippen LogP contribution in [0.3, 0.4) is 0 Å². The molecule has 1 amide bonds. The topological polar surface area (TPSA) is 100 Å². The molecule has 0 aliphatic rings. The van der Waals surface area contributed by atoms with E-state index in [0.29, 0.717) is 11.8 Å². The Hall–Kier alpha value is -3.40. The lowest BCUT2D eigenvalue weighted by atomic mass is 10.1. The minimum Gasteiger partial charge on any atom is -0.394 e. The first-order chi connectivity index (χ1) is 13.3. The zero-order valence-electron chi connectivity index (χ0n) is 14.3. The highest BCUT2D eigenvalue weighted by Crippen LogP contribution is 2.28. The Kier molecular flexibility index (Phi) is 5.32. The first-order valence-electron chi connectivity index (χ1n) is 8.12. The maximum absolute atomic E-state index is 12.6. The van der Waals surface area contributed by atoms with Crippen molar-refractivity contribution in [3.8, 4) is 5.82 Å². The summed E-state index contributed by atoms with van der Waals surface area (Å²) in [5.41, 5.74) is -1.08. The molecule has 7 nitrogen and oxygen atoms in total. The summed E-state index contributed by atoms with van der Waals surface area (Å²) in [6.45, 7) is -0.360. The SMILES string of the molecule is O=C(NC(CO)c1ccccc1)c1cc(=O)n(-c2ccc(C(F)(F)F)cn2)[nH]1. The molecule has 0 fully saturated rings. The first kappa shape index (κ1) is 19.4. The lowest BCUT2D eigenvalue weighted by Crippen LogP contribution is -2.31. The predicted molar refractivity (Wildman–Crippen MR) is 92.9 cm³/mol. The molecule has 0 spiro atoms. The summed E-state index contributed by atoms with van der Waals surface area (Å²) in [4.78, 5) is 28.1. The number of carbonyl (C=O) groups excluding carboxylic acids is 1. The molecule has 1 atom stereocenters. The Morgan fingerprint density at radius 1 is 1.21 bits per heavy atom. The number of aliphatic hydroxyl groups excluding tert-OH is 1. The summed E-state index contributed by atoms with van der Waals surface area (Å²) in [7, 11) is 0. The zero-order valence-corrected chi connectivity index (χ0v) is 14.3. The number of aromatic nitrogens is 3. The van der Waals surface area contributed by atoms with Crippen LogP contribution in [0.1, 0.15) is 27.7 Å². The molecule has 0 aliphatic heterocycles. The van der Waals surface area contributed by atoms with Crippen LogP contribution >= 0.6 is 0 Å². The smallest absolute Gasteiger partial charge is 0.394 e. The van der Waals surface area contributed by atoms with Crippen molar-refractivity contribution in [2.24, 2.45) is 0 Å². The van der Waals surface area contributed by atoms with E-state index in [2.05, 4.69) is 15.4 Å². The summed E-state index contributed by atoms with van der Waals surface area (Å²) < 4.78 is 38.7. The van der Waals surface area contributed by atoms with E-state index in [4.69, 9.17) is 0 Å². The molecule has 10 heteroatoms. The number of amides is 1. The normalized spacial score (nSPS) is 12.6. The van der Waals surface area contributed by atoms with Gasteiger partial charge < -0.3 is 10.4 Å². The van der Waals surface area contributed by atoms with E-state index in [9.17, 15) is 27.9 Å². The van der Waals surface area contributed by atoms with Crippen LogP contribution in [-0.2, 0) is 6.18 Å².